The van der Waals surface area contributed by atoms with Crippen molar-refractivity contribution in [2.24, 2.45) is 0 Å². The number of aromatic carboxylic acids is 1. The van der Waals surface area contributed by atoms with E-state index >= 15 is 0 Å². The fourth-order valence-electron chi connectivity index (χ4n) is 1.06. The van der Waals surface area contributed by atoms with Crippen molar-refractivity contribution in [2.45, 2.75) is 6.92 Å². The molecule has 0 aliphatic heterocycles. The molecule has 2 rings (SSSR count). The smallest absolute Gasteiger partial charge is 0.354 e. The van der Waals surface area contributed by atoms with Gasteiger partial charge in [-0.15, -0.1) is 0 Å². The maximum atomic E-state index is 11.0. The lowest BCUT2D eigenvalue weighted by molar-refractivity contribution is 0.0687. The van der Waals surface area contributed by atoms with Crippen LogP contribution in [0.1, 0.15) is 15.5 Å². The number of fused-ring (bicyclic) bond motifs is 1. The van der Waals surface area contributed by atoms with Crippen LogP contribution < -0.4 is 5.56 Å². The Bertz CT molecular complexity index is 571. The first-order valence-electron chi connectivity index (χ1n) is 3.69. The molecule has 7 heteroatoms. The van der Waals surface area contributed by atoms with Crippen molar-refractivity contribution in [1.82, 2.24) is 14.6 Å². The van der Waals surface area contributed by atoms with E-state index in [9.17, 15) is 9.59 Å². The van der Waals surface area contributed by atoms with Crippen molar-refractivity contribution in [1.29, 1.82) is 0 Å². The second kappa shape index (κ2) is 2.88. The van der Waals surface area contributed by atoms with Gasteiger partial charge in [-0.3, -0.25) is 4.79 Å². The van der Waals surface area contributed by atoms with Gasteiger partial charge in [0, 0.05) is 6.07 Å². The van der Waals surface area contributed by atoms with E-state index in [0.717, 1.165) is 10.6 Å². The van der Waals surface area contributed by atoms with Gasteiger partial charge < -0.3 is 5.11 Å². The van der Waals surface area contributed by atoms with Gasteiger partial charge in [0.05, 0.1) is 0 Å². The van der Waals surface area contributed by atoms with Gasteiger partial charge in [-0.1, -0.05) is 11.3 Å². The van der Waals surface area contributed by atoms with Crippen LogP contribution in [0.25, 0.3) is 4.96 Å². The highest BCUT2D eigenvalue weighted by Gasteiger charge is 2.12. The number of hydrogen-bond acceptors (Lipinski definition) is 5. The Hall–Kier alpha value is -1.76. The SMILES string of the molecule is Cc1nn2c(C(=O)O)cc(=O)nc2s1. The molecular formula is C7H5N3O3S. The summed E-state index contributed by atoms with van der Waals surface area (Å²) in [5.74, 6) is -1.19. The summed E-state index contributed by atoms with van der Waals surface area (Å²) in [6, 6.07) is 0.953. The van der Waals surface area contributed by atoms with Crippen molar-refractivity contribution >= 4 is 22.3 Å². The monoisotopic (exact) mass is 211 g/mol. The number of carboxylic acid groups (broad SMARTS) is 1. The highest BCUT2D eigenvalue weighted by molar-refractivity contribution is 7.16. The Balaban J connectivity index is 2.93. The molecule has 0 saturated carbocycles. The fourth-order valence-corrected chi connectivity index (χ4v) is 1.81. The van der Waals surface area contributed by atoms with E-state index in [4.69, 9.17) is 5.11 Å². The molecule has 0 saturated heterocycles. The Morgan fingerprint density at radius 1 is 1.64 bits per heavy atom. The average Bonchev–Trinajstić information content (AvgIpc) is 2.42. The van der Waals surface area contributed by atoms with E-state index in [0.29, 0.717) is 9.97 Å². The minimum atomic E-state index is -1.19. The van der Waals surface area contributed by atoms with Crippen LogP contribution in [0.15, 0.2) is 10.9 Å². The molecule has 0 radical (unpaired) electrons. The molecule has 0 unspecified atom stereocenters. The lowest BCUT2D eigenvalue weighted by Crippen LogP contribution is -2.15. The molecule has 0 fully saturated rings. The lowest BCUT2D eigenvalue weighted by Gasteiger charge is -1.95. The first-order chi connectivity index (χ1) is 6.58. The predicted octanol–water partition coefficient (Wildman–Crippen LogP) is 0.158. The topological polar surface area (TPSA) is 84.6 Å². The zero-order chi connectivity index (χ0) is 10.3. The van der Waals surface area contributed by atoms with Crippen LogP contribution in [-0.4, -0.2) is 25.7 Å². The van der Waals surface area contributed by atoms with Gasteiger partial charge in [-0.25, -0.2) is 4.79 Å². The number of aryl methyl sites for hydroxylation is 1. The predicted molar refractivity (Wildman–Crippen MR) is 48.8 cm³/mol. The maximum absolute atomic E-state index is 11.0. The lowest BCUT2D eigenvalue weighted by atomic mass is 10.4. The molecule has 0 aliphatic rings. The number of aromatic nitrogens is 3. The molecule has 2 aromatic heterocycles. The molecule has 0 aliphatic carbocycles. The fraction of sp³-hybridized carbons (Fsp3) is 0.143. The van der Waals surface area contributed by atoms with E-state index < -0.39 is 11.5 Å². The molecule has 0 spiro atoms. The molecule has 2 heterocycles. The Labute approximate surface area is 81.5 Å². The van der Waals surface area contributed by atoms with E-state index in [1.807, 2.05) is 0 Å². The Morgan fingerprint density at radius 3 is 3.00 bits per heavy atom. The zero-order valence-electron chi connectivity index (χ0n) is 7.09. The molecule has 0 aromatic carbocycles. The summed E-state index contributed by atoms with van der Waals surface area (Å²) in [6.45, 7) is 1.72. The molecule has 72 valence electrons. The van der Waals surface area contributed by atoms with Crippen LogP contribution in [0, 0.1) is 6.92 Å². The Morgan fingerprint density at radius 2 is 2.36 bits per heavy atom. The number of carboxylic acids is 1. The summed E-state index contributed by atoms with van der Waals surface area (Å²) >= 11 is 1.18. The molecule has 2 aromatic rings. The van der Waals surface area contributed by atoms with Crippen LogP contribution in [0.2, 0.25) is 0 Å². The van der Waals surface area contributed by atoms with Crippen molar-refractivity contribution in [2.75, 3.05) is 0 Å². The van der Waals surface area contributed by atoms with Crippen molar-refractivity contribution in [3.63, 3.8) is 0 Å². The van der Waals surface area contributed by atoms with Crippen LogP contribution in [0.4, 0.5) is 0 Å². The summed E-state index contributed by atoms with van der Waals surface area (Å²) in [7, 11) is 0. The van der Waals surface area contributed by atoms with Gasteiger partial charge in [-0.05, 0) is 6.92 Å². The summed E-state index contributed by atoms with van der Waals surface area (Å²) in [5.41, 5.74) is -0.726. The number of rotatable bonds is 1. The third-order valence-corrected chi connectivity index (χ3v) is 2.40. The second-order valence-electron chi connectivity index (χ2n) is 2.60. The van der Waals surface area contributed by atoms with Gasteiger partial charge in [0.25, 0.3) is 5.56 Å². The largest absolute Gasteiger partial charge is 0.477 e. The summed E-state index contributed by atoms with van der Waals surface area (Å²) in [5, 5.41) is 13.4. The highest BCUT2D eigenvalue weighted by atomic mass is 32.1. The summed E-state index contributed by atoms with van der Waals surface area (Å²) in [6.07, 6.45) is 0. The first-order valence-corrected chi connectivity index (χ1v) is 4.50. The molecule has 1 N–H and O–H groups in total. The average molecular weight is 211 g/mol. The third-order valence-electron chi connectivity index (χ3n) is 1.57. The van der Waals surface area contributed by atoms with Crippen molar-refractivity contribution in [3.05, 3.63) is 27.1 Å². The van der Waals surface area contributed by atoms with E-state index in [-0.39, 0.29) is 5.69 Å². The number of hydrogen-bond donors (Lipinski definition) is 1. The summed E-state index contributed by atoms with van der Waals surface area (Å²) in [4.78, 5) is 25.7. The zero-order valence-corrected chi connectivity index (χ0v) is 7.91. The molecule has 6 nitrogen and oxygen atoms in total. The maximum Gasteiger partial charge on any atom is 0.354 e. The van der Waals surface area contributed by atoms with E-state index in [1.54, 1.807) is 6.92 Å². The van der Waals surface area contributed by atoms with Gasteiger partial charge in [0.1, 0.15) is 5.01 Å². The van der Waals surface area contributed by atoms with E-state index in [1.165, 1.54) is 11.3 Å². The molecule has 0 atom stereocenters. The van der Waals surface area contributed by atoms with Crippen LogP contribution in [0.3, 0.4) is 0 Å². The normalized spacial score (nSPS) is 10.6. The molecule has 14 heavy (non-hydrogen) atoms. The van der Waals surface area contributed by atoms with Gasteiger partial charge in [0.15, 0.2) is 5.69 Å². The van der Waals surface area contributed by atoms with Crippen LogP contribution >= 0.6 is 11.3 Å². The minimum Gasteiger partial charge on any atom is -0.477 e. The quantitative estimate of drug-likeness (QED) is 0.726. The van der Waals surface area contributed by atoms with Crippen LogP contribution in [-0.2, 0) is 0 Å². The Kier molecular flexibility index (Phi) is 1.81. The van der Waals surface area contributed by atoms with Crippen LogP contribution in [0.5, 0.6) is 0 Å². The van der Waals surface area contributed by atoms with Gasteiger partial charge in [0.2, 0.25) is 4.96 Å². The standard InChI is InChI=1S/C7H5N3O3S/c1-3-9-10-4(6(12)13)2-5(11)8-7(10)14-3/h2H,1H3,(H,12,13). The molecule has 0 amide bonds. The van der Waals surface area contributed by atoms with E-state index in [2.05, 4.69) is 10.1 Å². The van der Waals surface area contributed by atoms with Gasteiger partial charge in [-0.2, -0.15) is 14.6 Å². The second-order valence-corrected chi connectivity index (χ2v) is 3.76. The first kappa shape index (κ1) is 8.82. The summed E-state index contributed by atoms with van der Waals surface area (Å²) < 4.78 is 1.16. The molecule has 0 bridgehead atoms. The highest BCUT2D eigenvalue weighted by Crippen LogP contribution is 2.11. The van der Waals surface area contributed by atoms with Crippen molar-refractivity contribution in [3.8, 4) is 0 Å². The number of nitrogens with zero attached hydrogens (tertiary/aromatic N) is 3. The minimum absolute atomic E-state index is 0.163. The molecular weight excluding hydrogens is 206 g/mol. The number of carbonyl (C=O) groups is 1. The van der Waals surface area contributed by atoms with Crippen molar-refractivity contribution < 1.29 is 9.90 Å². The third kappa shape index (κ3) is 1.27. The van der Waals surface area contributed by atoms with Gasteiger partial charge >= 0.3 is 5.97 Å².